The van der Waals surface area contributed by atoms with Gasteiger partial charge in [-0.05, 0) is 48.9 Å². The van der Waals surface area contributed by atoms with Crippen molar-refractivity contribution in [2.24, 2.45) is 0 Å². The van der Waals surface area contributed by atoms with E-state index in [9.17, 15) is 0 Å². The molecule has 0 aliphatic carbocycles. The van der Waals surface area contributed by atoms with Crippen LogP contribution in [0.5, 0.6) is 0 Å². The molecule has 2 rings (SSSR count). The topological polar surface area (TPSA) is 12.0 Å². The first kappa shape index (κ1) is 15.1. The number of thioether (sulfide) groups is 1. The molecule has 1 unspecified atom stereocenters. The number of benzene rings is 2. The van der Waals surface area contributed by atoms with Crippen molar-refractivity contribution in [2.75, 3.05) is 13.3 Å². The zero-order valence-corrected chi connectivity index (χ0v) is 13.3. The Morgan fingerprint density at radius 3 is 2.25 bits per heavy atom. The fourth-order valence-electron chi connectivity index (χ4n) is 2.47. The summed E-state index contributed by atoms with van der Waals surface area (Å²) in [5.74, 6) is 0. The second-order valence-electron chi connectivity index (χ2n) is 4.96. The highest BCUT2D eigenvalue weighted by molar-refractivity contribution is 7.98. The van der Waals surface area contributed by atoms with Crippen LogP contribution in [0.25, 0.3) is 0 Å². The molecule has 0 spiro atoms. The van der Waals surface area contributed by atoms with Crippen LogP contribution >= 0.6 is 11.8 Å². The van der Waals surface area contributed by atoms with Crippen LogP contribution in [0.2, 0.25) is 0 Å². The van der Waals surface area contributed by atoms with Gasteiger partial charge in [-0.3, -0.25) is 0 Å². The lowest BCUT2D eigenvalue weighted by molar-refractivity contribution is 0.583. The van der Waals surface area contributed by atoms with Gasteiger partial charge in [-0.2, -0.15) is 0 Å². The van der Waals surface area contributed by atoms with E-state index in [4.69, 9.17) is 0 Å². The van der Waals surface area contributed by atoms with Crippen LogP contribution in [0.4, 0.5) is 0 Å². The summed E-state index contributed by atoms with van der Waals surface area (Å²) < 4.78 is 0. The van der Waals surface area contributed by atoms with Gasteiger partial charge in [0.1, 0.15) is 0 Å². The van der Waals surface area contributed by atoms with Crippen LogP contribution in [0.1, 0.15) is 29.7 Å². The number of nitrogens with one attached hydrogen (secondary N) is 1. The number of aryl methyl sites for hydroxylation is 1. The zero-order valence-electron chi connectivity index (χ0n) is 12.5. The van der Waals surface area contributed by atoms with Crippen molar-refractivity contribution in [3.8, 4) is 0 Å². The van der Waals surface area contributed by atoms with E-state index < -0.39 is 0 Å². The fraction of sp³-hybridized carbons (Fsp3) is 0.333. The molecule has 0 heterocycles. The standard InChI is InChI=1S/C18H23NS/c1-4-14-9-11-15(12-10-14)13-17(19-2)16-7-5-6-8-18(16)20-3/h5-12,17,19H,4,13H2,1-3H3. The third-order valence-electron chi connectivity index (χ3n) is 3.73. The Morgan fingerprint density at radius 1 is 1.00 bits per heavy atom. The van der Waals surface area contributed by atoms with Gasteiger partial charge < -0.3 is 5.32 Å². The first-order valence-electron chi connectivity index (χ1n) is 7.16. The van der Waals surface area contributed by atoms with E-state index in [0.717, 1.165) is 12.8 Å². The van der Waals surface area contributed by atoms with E-state index in [2.05, 4.69) is 67.0 Å². The van der Waals surface area contributed by atoms with Crippen molar-refractivity contribution in [3.05, 3.63) is 65.2 Å². The quantitative estimate of drug-likeness (QED) is 0.786. The van der Waals surface area contributed by atoms with Gasteiger partial charge in [0, 0.05) is 10.9 Å². The molecule has 0 fully saturated rings. The molecule has 0 saturated heterocycles. The molecule has 20 heavy (non-hydrogen) atoms. The number of likely N-dealkylation sites (N-methyl/N-ethyl adjacent to an activating group) is 1. The van der Waals surface area contributed by atoms with Crippen molar-refractivity contribution in [1.82, 2.24) is 5.32 Å². The smallest absolute Gasteiger partial charge is 0.0369 e. The molecule has 1 nitrogen and oxygen atoms in total. The summed E-state index contributed by atoms with van der Waals surface area (Å²) in [5.41, 5.74) is 4.18. The summed E-state index contributed by atoms with van der Waals surface area (Å²) in [4.78, 5) is 1.36. The zero-order chi connectivity index (χ0) is 14.4. The second kappa shape index (κ2) is 7.51. The lowest BCUT2D eigenvalue weighted by Gasteiger charge is -2.19. The molecule has 2 aromatic carbocycles. The van der Waals surface area contributed by atoms with Crippen molar-refractivity contribution < 1.29 is 0 Å². The average molecular weight is 285 g/mol. The Bertz CT molecular complexity index is 533. The highest BCUT2D eigenvalue weighted by Gasteiger charge is 2.13. The van der Waals surface area contributed by atoms with Crippen molar-refractivity contribution in [2.45, 2.75) is 30.7 Å². The molecule has 0 aliphatic heterocycles. The minimum atomic E-state index is 0.367. The minimum absolute atomic E-state index is 0.367. The Kier molecular flexibility index (Phi) is 5.69. The first-order chi connectivity index (χ1) is 9.78. The average Bonchev–Trinajstić information content (AvgIpc) is 2.53. The van der Waals surface area contributed by atoms with Crippen molar-refractivity contribution >= 4 is 11.8 Å². The monoisotopic (exact) mass is 285 g/mol. The van der Waals surface area contributed by atoms with Crippen molar-refractivity contribution in [1.29, 1.82) is 0 Å². The normalized spacial score (nSPS) is 12.3. The van der Waals surface area contributed by atoms with E-state index in [1.807, 2.05) is 18.8 Å². The van der Waals surface area contributed by atoms with Gasteiger partial charge in [-0.1, -0.05) is 49.4 Å². The Hall–Kier alpha value is -1.25. The van der Waals surface area contributed by atoms with Gasteiger partial charge in [0.15, 0.2) is 0 Å². The molecule has 1 atom stereocenters. The first-order valence-corrected chi connectivity index (χ1v) is 8.39. The van der Waals surface area contributed by atoms with Crippen molar-refractivity contribution in [3.63, 3.8) is 0 Å². The van der Waals surface area contributed by atoms with Gasteiger partial charge in [0.2, 0.25) is 0 Å². The molecule has 0 amide bonds. The number of rotatable bonds is 6. The van der Waals surface area contributed by atoms with E-state index in [-0.39, 0.29) is 0 Å². The molecule has 0 radical (unpaired) electrons. The van der Waals surface area contributed by atoms with E-state index in [0.29, 0.717) is 6.04 Å². The summed E-state index contributed by atoms with van der Waals surface area (Å²) in [6, 6.07) is 18.0. The summed E-state index contributed by atoms with van der Waals surface area (Å²) in [7, 11) is 2.04. The third-order valence-corrected chi connectivity index (χ3v) is 4.55. The molecule has 0 aromatic heterocycles. The highest BCUT2D eigenvalue weighted by atomic mass is 32.2. The summed E-state index contributed by atoms with van der Waals surface area (Å²) in [5, 5.41) is 3.46. The van der Waals surface area contributed by atoms with Gasteiger partial charge in [-0.15, -0.1) is 11.8 Å². The van der Waals surface area contributed by atoms with Crippen LogP contribution in [-0.2, 0) is 12.8 Å². The second-order valence-corrected chi connectivity index (χ2v) is 5.81. The molecule has 0 saturated carbocycles. The molecule has 2 aromatic rings. The minimum Gasteiger partial charge on any atom is -0.313 e. The molecular formula is C18H23NS. The van der Waals surface area contributed by atoms with E-state index >= 15 is 0 Å². The predicted octanol–water partition coefficient (Wildman–Crippen LogP) is 4.47. The summed E-state index contributed by atoms with van der Waals surface area (Å²) in [6.07, 6.45) is 4.27. The maximum atomic E-state index is 3.46. The Labute approximate surface area is 126 Å². The highest BCUT2D eigenvalue weighted by Crippen LogP contribution is 2.27. The van der Waals surface area contributed by atoms with Gasteiger partial charge in [-0.25, -0.2) is 0 Å². The van der Waals surface area contributed by atoms with Crippen LogP contribution in [0, 0.1) is 0 Å². The predicted molar refractivity (Wildman–Crippen MR) is 89.5 cm³/mol. The van der Waals surface area contributed by atoms with Gasteiger partial charge >= 0.3 is 0 Å². The molecule has 106 valence electrons. The lowest BCUT2D eigenvalue weighted by atomic mass is 9.98. The summed E-state index contributed by atoms with van der Waals surface area (Å²) >= 11 is 1.82. The third kappa shape index (κ3) is 3.65. The Morgan fingerprint density at radius 2 is 1.65 bits per heavy atom. The molecule has 1 N–H and O–H groups in total. The fourth-order valence-corrected chi connectivity index (χ4v) is 3.13. The van der Waals surface area contributed by atoms with Gasteiger partial charge in [0.05, 0.1) is 0 Å². The number of hydrogen-bond acceptors (Lipinski definition) is 2. The van der Waals surface area contributed by atoms with Crippen LogP contribution in [-0.4, -0.2) is 13.3 Å². The molecule has 0 bridgehead atoms. The maximum Gasteiger partial charge on any atom is 0.0369 e. The SMILES string of the molecule is CCc1ccc(CC(NC)c2ccccc2SC)cc1. The molecule has 0 aliphatic rings. The largest absolute Gasteiger partial charge is 0.313 e. The summed E-state index contributed by atoms with van der Waals surface area (Å²) in [6.45, 7) is 2.19. The molecular weight excluding hydrogens is 262 g/mol. The van der Waals surface area contributed by atoms with Crippen LogP contribution in [0.15, 0.2) is 53.4 Å². The maximum absolute atomic E-state index is 3.46. The van der Waals surface area contributed by atoms with Crippen LogP contribution < -0.4 is 5.32 Å². The number of hydrogen-bond donors (Lipinski definition) is 1. The van der Waals surface area contributed by atoms with E-state index in [1.165, 1.54) is 21.6 Å². The molecule has 2 heteroatoms. The van der Waals surface area contributed by atoms with Gasteiger partial charge in [0.25, 0.3) is 0 Å². The van der Waals surface area contributed by atoms with Crippen LogP contribution in [0.3, 0.4) is 0 Å². The Balaban J connectivity index is 2.19. The van der Waals surface area contributed by atoms with E-state index in [1.54, 1.807) is 0 Å². The lowest BCUT2D eigenvalue weighted by Crippen LogP contribution is -2.19.